The first-order valence-corrected chi connectivity index (χ1v) is 6.94. The van der Waals surface area contributed by atoms with Crippen LogP contribution in [0.25, 0.3) is 0 Å². The molecule has 128 valence electrons. The lowest BCUT2D eigenvalue weighted by Crippen LogP contribution is -2.17. The van der Waals surface area contributed by atoms with Gasteiger partial charge in [0.25, 0.3) is 5.91 Å². The molecule has 0 unspecified atom stereocenters. The molecule has 0 aliphatic rings. The van der Waals surface area contributed by atoms with Crippen LogP contribution in [0.5, 0.6) is 0 Å². The van der Waals surface area contributed by atoms with Gasteiger partial charge in [0.05, 0.1) is 29.4 Å². The molecule has 25 heavy (non-hydrogen) atoms. The summed E-state index contributed by atoms with van der Waals surface area (Å²) in [5.74, 6) is -4.10. The predicted octanol–water partition coefficient (Wildman–Crippen LogP) is 2.12. The van der Waals surface area contributed by atoms with Crippen molar-refractivity contribution in [3.8, 4) is 0 Å². The normalized spacial score (nSPS) is 9.96. The molecule has 1 amide bonds. The number of hydrogen-bond donors (Lipinski definition) is 3. The van der Waals surface area contributed by atoms with Crippen molar-refractivity contribution in [3.05, 3.63) is 64.7 Å². The van der Waals surface area contributed by atoms with Crippen molar-refractivity contribution in [2.24, 2.45) is 0 Å². The number of carbonyl (C=O) groups is 4. The van der Waals surface area contributed by atoms with Gasteiger partial charge < -0.3 is 20.3 Å². The Hall–Kier alpha value is -3.68. The summed E-state index contributed by atoms with van der Waals surface area (Å²) in [6, 6.07) is 9.09. The van der Waals surface area contributed by atoms with Crippen molar-refractivity contribution in [2.45, 2.75) is 0 Å². The van der Waals surface area contributed by atoms with Gasteiger partial charge in [0.1, 0.15) is 0 Å². The second-order valence-corrected chi connectivity index (χ2v) is 4.90. The number of nitrogens with one attached hydrogen (secondary N) is 1. The zero-order chi connectivity index (χ0) is 18.6. The molecule has 2 aromatic rings. The SMILES string of the molecule is COC(=O)c1ccccc1C(=O)Nc1cc(C(=O)O)cc(C(=O)O)c1. The molecule has 0 spiro atoms. The highest BCUT2D eigenvalue weighted by molar-refractivity contribution is 6.11. The number of methoxy groups -OCH3 is 1. The van der Waals surface area contributed by atoms with Crippen LogP contribution in [0.3, 0.4) is 0 Å². The number of carbonyl (C=O) groups excluding carboxylic acids is 2. The average Bonchev–Trinajstić information content (AvgIpc) is 2.60. The Morgan fingerprint density at radius 2 is 1.40 bits per heavy atom. The van der Waals surface area contributed by atoms with E-state index in [0.717, 1.165) is 18.2 Å². The minimum Gasteiger partial charge on any atom is -0.478 e. The third-order valence-corrected chi connectivity index (χ3v) is 3.26. The Morgan fingerprint density at radius 3 is 1.88 bits per heavy atom. The lowest BCUT2D eigenvalue weighted by molar-refractivity contribution is 0.0596. The molecule has 0 aliphatic heterocycles. The van der Waals surface area contributed by atoms with E-state index in [-0.39, 0.29) is 27.9 Å². The van der Waals surface area contributed by atoms with Crippen molar-refractivity contribution in [2.75, 3.05) is 12.4 Å². The van der Waals surface area contributed by atoms with E-state index in [4.69, 9.17) is 10.2 Å². The Morgan fingerprint density at radius 1 is 0.880 bits per heavy atom. The largest absolute Gasteiger partial charge is 0.478 e. The average molecular weight is 343 g/mol. The lowest BCUT2D eigenvalue weighted by atomic mass is 10.1. The van der Waals surface area contributed by atoms with E-state index < -0.39 is 23.8 Å². The van der Waals surface area contributed by atoms with Crippen LogP contribution in [0.15, 0.2) is 42.5 Å². The molecule has 0 radical (unpaired) electrons. The minimum atomic E-state index is -1.34. The third kappa shape index (κ3) is 3.99. The first-order valence-electron chi connectivity index (χ1n) is 6.94. The van der Waals surface area contributed by atoms with Gasteiger partial charge in [-0.25, -0.2) is 14.4 Å². The Balaban J connectivity index is 2.40. The number of hydrogen-bond acceptors (Lipinski definition) is 5. The van der Waals surface area contributed by atoms with Crippen molar-refractivity contribution in [3.63, 3.8) is 0 Å². The van der Waals surface area contributed by atoms with Crippen LogP contribution in [0, 0.1) is 0 Å². The first kappa shape index (κ1) is 17.7. The highest BCUT2D eigenvalue weighted by Gasteiger charge is 2.18. The molecule has 0 saturated carbocycles. The fourth-order valence-corrected chi connectivity index (χ4v) is 2.11. The van der Waals surface area contributed by atoms with Crippen LogP contribution in [-0.4, -0.2) is 41.1 Å². The maximum atomic E-state index is 12.4. The van der Waals surface area contributed by atoms with E-state index in [1.54, 1.807) is 6.07 Å². The van der Waals surface area contributed by atoms with E-state index in [9.17, 15) is 19.2 Å². The molecular formula is C17H13NO7. The maximum absolute atomic E-state index is 12.4. The summed E-state index contributed by atoms with van der Waals surface area (Å²) in [7, 11) is 1.17. The van der Waals surface area contributed by atoms with Gasteiger partial charge in [0.2, 0.25) is 0 Å². The Bertz CT molecular complexity index is 841. The molecule has 2 rings (SSSR count). The molecule has 0 atom stereocenters. The summed E-state index contributed by atoms with van der Waals surface area (Å²) in [6.45, 7) is 0. The number of rotatable bonds is 5. The van der Waals surface area contributed by atoms with E-state index in [1.165, 1.54) is 25.3 Å². The zero-order valence-electron chi connectivity index (χ0n) is 13.0. The lowest BCUT2D eigenvalue weighted by Gasteiger charge is -2.10. The van der Waals surface area contributed by atoms with Crippen LogP contribution in [0.1, 0.15) is 41.4 Å². The second-order valence-electron chi connectivity index (χ2n) is 4.90. The van der Waals surface area contributed by atoms with Crippen LogP contribution in [0.4, 0.5) is 5.69 Å². The number of anilines is 1. The molecule has 2 aromatic carbocycles. The molecule has 0 heterocycles. The number of benzene rings is 2. The number of carboxylic acid groups (broad SMARTS) is 2. The topological polar surface area (TPSA) is 130 Å². The number of aromatic carboxylic acids is 2. The molecule has 8 nitrogen and oxygen atoms in total. The monoisotopic (exact) mass is 343 g/mol. The maximum Gasteiger partial charge on any atom is 0.338 e. The molecular weight excluding hydrogens is 330 g/mol. The van der Waals surface area contributed by atoms with E-state index in [2.05, 4.69) is 10.1 Å². The molecule has 0 aromatic heterocycles. The number of esters is 1. The molecule has 0 saturated heterocycles. The fourth-order valence-electron chi connectivity index (χ4n) is 2.11. The highest BCUT2D eigenvalue weighted by Crippen LogP contribution is 2.18. The molecule has 0 bridgehead atoms. The second kappa shape index (κ2) is 7.26. The van der Waals surface area contributed by atoms with Crippen molar-refractivity contribution in [1.82, 2.24) is 0 Å². The molecule has 0 aliphatic carbocycles. The summed E-state index contributed by atoms with van der Waals surface area (Å²) in [5, 5.41) is 20.5. The molecule has 3 N–H and O–H groups in total. The minimum absolute atomic E-state index is 0.00644. The third-order valence-electron chi connectivity index (χ3n) is 3.26. The van der Waals surface area contributed by atoms with E-state index in [0.29, 0.717) is 0 Å². The van der Waals surface area contributed by atoms with Gasteiger partial charge in [-0.1, -0.05) is 12.1 Å². The molecule has 8 heteroatoms. The van der Waals surface area contributed by atoms with Crippen LogP contribution >= 0.6 is 0 Å². The summed E-state index contributed by atoms with van der Waals surface area (Å²) in [6.07, 6.45) is 0. The van der Waals surface area contributed by atoms with Crippen LogP contribution in [-0.2, 0) is 4.74 Å². The van der Waals surface area contributed by atoms with Crippen LogP contribution in [0.2, 0.25) is 0 Å². The smallest absolute Gasteiger partial charge is 0.338 e. The summed E-state index contributed by atoms with van der Waals surface area (Å²) in [4.78, 5) is 46.3. The quantitative estimate of drug-likeness (QED) is 0.709. The van der Waals surface area contributed by atoms with Crippen molar-refractivity contribution < 1.29 is 34.1 Å². The fraction of sp³-hybridized carbons (Fsp3) is 0.0588. The van der Waals surface area contributed by atoms with Crippen molar-refractivity contribution in [1.29, 1.82) is 0 Å². The van der Waals surface area contributed by atoms with Gasteiger partial charge in [0, 0.05) is 5.69 Å². The van der Waals surface area contributed by atoms with Crippen LogP contribution < -0.4 is 5.32 Å². The van der Waals surface area contributed by atoms with E-state index in [1.807, 2.05) is 0 Å². The molecule has 0 fully saturated rings. The van der Waals surface area contributed by atoms with E-state index >= 15 is 0 Å². The van der Waals surface area contributed by atoms with Gasteiger partial charge in [-0.2, -0.15) is 0 Å². The highest BCUT2D eigenvalue weighted by atomic mass is 16.5. The van der Waals surface area contributed by atoms with Gasteiger partial charge in [-0.05, 0) is 30.3 Å². The van der Waals surface area contributed by atoms with Crippen molar-refractivity contribution >= 4 is 29.5 Å². The van der Waals surface area contributed by atoms with Gasteiger partial charge >= 0.3 is 17.9 Å². The zero-order valence-corrected chi connectivity index (χ0v) is 13.0. The van der Waals surface area contributed by atoms with Gasteiger partial charge in [-0.15, -0.1) is 0 Å². The van der Waals surface area contributed by atoms with Gasteiger partial charge in [-0.3, -0.25) is 4.79 Å². The number of amides is 1. The summed E-state index contributed by atoms with van der Waals surface area (Å²) >= 11 is 0. The Kier molecular flexibility index (Phi) is 5.13. The van der Waals surface area contributed by atoms with Gasteiger partial charge in [0.15, 0.2) is 0 Å². The predicted molar refractivity (Wildman–Crippen MR) is 86.1 cm³/mol. The standard InChI is InChI=1S/C17H13NO7/c1-25-17(24)13-5-3-2-4-12(13)14(19)18-11-7-9(15(20)21)6-10(8-11)16(22)23/h2-8H,1H3,(H,18,19)(H,20,21)(H,22,23). The number of carboxylic acids is 2. The Labute approximate surface area is 141 Å². The number of ether oxygens (including phenoxy) is 1. The summed E-state index contributed by atoms with van der Waals surface area (Å²) < 4.78 is 4.60. The first-order chi connectivity index (χ1) is 11.8. The summed E-state index contributed by atoms with van der Waals surface area (Å²) in [5.41, 5.74) is -0.586.